The third-order valence-electron chi connectivity index (χ3n) is 4.52. The van der Waals surface area contributed by atoms with Gasteiger partial charge < -0.3 is 0 Å². The largest absolute Gasteiger partial charge is 0.119 e. The van der Waals surface area contributed by atoms with E-state index in [0.29, 0.717) is 5.92 Å². The van der Waals surface area contributed by atoms with Crippen molar-refractivity contribution in [3.05, 3.63) is 0 Å². The van der Waals surface area contributed by atoms with Crippen molar-refractivity contribution in [1.82, 2.24) is 0 Å². The molecule has 19 heavy (non-hydrogen) atoms. The molecule has 1 atom stereocenters. The average Bonchev–Trinajstić information content (AvgIpc) is 2.39. The standard InChI is InChI=1S/C18H37Cl/c1-5-8-11-14-17(4)18(19,15-12-9-6-2)16-13-10-7-3/h17H,5-16H2,1-4H3. The van der Waals surface area contributed by atoms with Crippen LogP contribution in [0.1, 0.15) is 105 Å². The van der Waals surface area contributed by atoms with Crippen LogP contribution < -0.4 is 0 Å². The Morgan fingerprint density at radius 3 is 1.58 bits per heavy atom. The molecule has 0 aromatic carbocycles. The molecule has 0 nitrogen and oxygen atoms in total. The Morgan fingerprint density at radius 2 is 1.16 bits per heavy atom. The highest BCUT2D eigenvalue weighted by molar-refractivity contribution is 6.24. The van der Waals surface area contributed by atoms with Gasteiger partial charge in [0.05, 0.1) is 0 Å². The van der Waals surface area contributed by atoms with E-state index in [9.17, 15) is 0 Å². The van der Waals surface area contributed by atoms with Crippen LogP contribution in [0.15, 0.2) is 0 Å². The summed E-state index contributed by atoms with van der Waals surface area (Å²) < 4.78 is 0. The van der Waals surface area contributed by atoms with Crippen LogP contribution in [0.3, 0.4) is 0 Å². The van der Waals surface area contributed by atoms with E-state index < -0.39 is 0 Å². The quantitative estimate of drug-likeness (QED) is 0.246. The van der Waals surface area contributed by atoms with Crippen molar-refractivity contribution in [2.45, 2.75) is 110 Å². The van der Waals surface area contributed by atoms with Gasteiger partial charge >= 0.3 is 0 Å². The average molecular weight is 289 g/mol. The zero-order valence-electron chi connectivity index (χ0n) is 13.9. The molecule has 0 saturated heterocycles. The molecule has 0 saturated carbocycles. The summed E-state index contributed by atoms with van der Waals surface area (Å²) in [7, 11) is 0. The van der Waals surface area contributed by atoms with Crippen LogP contribution in [0.2, 0.25) is 0 Å². The molecule has 0 amide bonds. The van der Waals surface area contributed by atoms with Gasteiger partial charge in [0.25, 0.3) is 0 Å². The van der Waals surface area contributed by atoms with Gasteiger partial charge in [-0.1, -0.05) is 85.5 Å². The van der Waals surface area contributed by atoms with Crippen molar-refractivity contribution in [1.29, 1.82) is 0 Å². The smallest absolute Gasteiger partial charge is 0.0472 e. The molecule has 0 fully saturated rings. The molecule has 0 aliphatic carbocycles. The highest BCUT2D eigenvalue weighted by Gasteiger charge is 2.32. The summed E-state index contributed by atoms with van der Waals surface area (Å²) in [4.78, 5) is 0.0814. The van der Waals surface area contributed by atoms with Gasteiger partial charge in [0.1, 0.15) is 0 Å². The highest BCUT2D eigenvalue weighted by Crippen LogP contribution is 2.39. The summed E-state index contributed by atoms with van der Waals surface area (Å²) in [6.07, 6.45) is 15.7. The molecule has 0 aromatic heterocycles. The minimum absolute atomic E-state index is 0.0814. The molecule has 0 heterocycles. The van der Waals surface area contributed by atoms with Crippen LogP contribution in [-0.4, -0.2) is 4.87 Å². The molecule has 116 valence electrons. The predicted molar refractivity (Wildman–Crippen MR) is 90.2 cm³/mol. The molecular weight excluding hydrogens is 252 g/mol. The summed E-state index contributed by atoms with van der Waals surface area (Å²) in [5.41, 5.74) is 0. The molecular formula is C18H37Cl. The van der Waals surface area contributed by atoms with Gasteiger partial charge in [-0.25, -0.2) is 0 Å². The predicted octanol–water partition coefficient (Wildman–Crippen LogP) is 7.34. The first-order chi connectivity index (χ1) is 9.10. The summed E-state index contributed by atoms with van der Waals surface area (Å²) >= 11 is 7.04. The fourth-order valence-electron chi connectivity index (χ4n) is 2.91. The molecule has 0 aliphatic heterocycles. The Morgan fingerprint density at radius 1 is 0.737 bits per heavy atom. The van der Waals surface area contributed by atoms with Gasteiger partial charge in [-0.05, 0) is 25.2 Å². The summed E-state index contributed by atoms with van der Waals surface area (Å²) in [6.45, 7) is 9.22. The zero-order chi connectivity index (χ0) is 14.6. The van der Waals surface area contributed by atoms with E-state index in [4.69, 9.17) is 11.6 Å². The lowest BCUT2D eigenvalue weighted by molar-refractivity contribution is 0.307. The van der Waals surface area contributed by atoms with Gasteiger partial charge in [0.2, 0.25) is 0 Å². The minimum Gasteiger partial charge on any atom is -0.119 e. The van der Waals surface area contributed by atoms with Crippen LogP contribution in [0.4, 0.5) is 0 Å². The van der Waals surface area contributed by atoms with E-state index >= 15 is 0 Å². The lowest BCUT2D eigenvalue weighted by Crippen LogP contribution is -2.30. The summed E-state index contributed by atoms with van der Waals surface area (Å²) in [5.74, 6) is 0.675. The van der Waals surface area contributed by atoms with Gasteiger partial charge in [-0.15, -0.1) is 11.6 Å². The third kappa shape index (κ3) is 8.95. The maximum atomic E-state index is 7.04. The number of hydrogen-bond acceptors (Lipinski definition) is 0. The lowest BCUT2D eigenvalue weighted by atomic mass is 9.81. The molecule has 0 N–H and O–H groups in total. The van der Waals surface area contributed by atoms with Crippen LogP contribution in [-0.2, 0) is 0 Å². The third-order valence-corrected chi connectivity index (χ3v) is 5.27. The SMILES string of the molecule is CCCCCC(C)C(Cl)(CCCCC)CCCCC. The topological polar surface area (TPSA) is 0 Å². The van der Waals surface area contributed by atoms with E-state index in [2.05, 4.69) is 27.7 Å². The Balaban J connectivity index is 4.26. The van der Waals surface area contributed by atoms with E-state index in [1.165, 1.54) is 77.0 Å². The minimum atomic E-state index is 0.0814. The summed E-state index contributed by atoms with van der Waals surface area (Å²) in [6, 6.07) is 0. The molecule has 0 rings (SSSR count). The Kier molecular flexibility index (Phi) is 12.2. The van der Waals surface area contributed by atoms with E-state index in [1.807, 2.05) is 0 Å². The van der Waals surface area contributed by atoms with Gasteiger partial charge in [-0.2, -0.15) is 0 Å². The molecule has 0 bridgehead atoms. The van der Waals surface area contributed by atoms with Crippen molar-refractivity contribution in [2.24, 2.45) is 5.92 Å². The molecule has 0 spiro atoms. The maximum absolute atomic E-state index is 7.04. The molecule has 1 heteroatoms. The van der Waals surface area contributed by atoms with Crippen molar-refractivity contribution in [3.8, 4) is 0 Å². The number of alkyl halides is 1. The summed E-state index contributed by atoms with van der Waals surface area (Å²) in [5, 5.41) is 0. The van der Waals surface area contributed by atoms with Crippen LogP contribution >= 0.6 is 11.6 Å². The first-order valence-electron chi connectivity index (χ1n) is 8.79. The molecule has 0 radical (unpaired) electrons. The van der Waals surface area contributed by atoms with E-state index in [-0.39, 0.29) is 4.87 Å². The van der Waals surface area contributed by atoms with E-state index in [1.54, 1.807) is 0 Å². The first kappa shape index (κ1) is 19.3. The van der Waals surface area contributed by atoms with Crippen LogP contribution in [0.5, 0.6) is 0 Å². The van der Waals surface area contributed by atoms with Crippen molar-refractivity contribution < 1.29 is 0 Å². The van der Waals surface area contributed by atoms with Crippen LogP contribution in [0, 0.1) is 5.92 Å². The molecule has 0 aliphatic rings. The number of halogens is 1. The van der Waals surface area contributed by atoms with Gasteiger partial charge in [0, 0.05) is 4.87 Å². The molecule has 1 unspecified atom stereocenters. The van der Waals surface area contributed by atoms with Crippen molar-refractivity contribution in [2.75, 3.05) is 0 Å². The Hall–Kier alpha value is 0.290. The highest BCUT2D eigenvalue weighted by atomic mass is 35.5. The first-order valence-corrected chi connectivity index (χ1v) is 9.17. The fraction of sp³-hybridized carbons (Fsp3) is 1.00. The Labute approximate surface area is 127 Å². The monoisotopic (exact) mass is 288 g/mol. The number of hydrogen-bond donors (Lipinski definition) is 0. The van der Waals surface area contributed by atoms with Gasteiger partial charge in [-0.3, -0.25) is 0 Å². The molecule has 0 aromatic rings. The number of rotatable bonds is 13. The normalized spacial score (nSPS) is 13.7. The number of unbranched alkanes of at least 4 members (excludes halogenated alkanes) is 6. The lowest BCUT2D eigenvalue weighted by Gasteiger charge is -2.34. The second-order valence-corrected chi connectivity index (χ2v) is 7.10. The maximum Gasteiger partial charge on any atom is 0.0472 e. The van der Waals surface area contributed by atoms with E-state index in [0.717, 1.165) is 0 Å². The zero-order valence-corrected chi connectivity index (χ0v) is 14.7. The second kappa shape index (κ2) is 12.1. The van der Waals surface area contributed by atoms with Crippen molar-refractivity contribution >= 4 is 11.6 Å². The Bertz CT molecular complexity index is 178. The van der Waals surface area contributed by atoms with Crippen LogP contribution in [0.25, 0.3) is 0 Å². The van der Waals surface area contributed by atoms with Gasteiger partial charge in [0.15, 0.2) is 0 Å². The second-order valence-electron chi connectivity index (χ2n) is 6.35. The fourth-order valence-corrected chi connectivity index (χ4v) is 3.29. The van der Waals surface area contributed by atoms with Crippen molar-refractivity contribution in [3.63, 3.8) is 0 Å².